The van der Waals surface area contributed by atoms with Crippen LogP contribution in [-0.2, 0) is 0 Å². The summed E-state index contributed by atoms with van der Waals surface area (Å²) in [7, 11) is 2.15. The lowest BCUT2D eigenvalue weighted by Crippen LogP contribution is -2.34. The van der Waals surface area contributed by atoms with Gasteiger partial charge < -0.3 is 14.7 Å². The molecule has 0 saturated carbocycles. The predicted molar refractivity (Wildman–Crippen MR) is 63.8 cm³/mol. The largest absolute Gasteiger partial charge is 0.508 e. The van der Waals surface area contributed by atoms with E-state index in [9.17, 15) is 5.11 Å². The van der Waals surface area contributed by atoms with Gasteiger partial charge in [0.15, 0.2) is 0 Å². The normalized spacial score (nSPS) is 21.9. The maximum atomic E-state index is 9.30. The summed E-state index contributed by atoms with van der Waals surface area (Å²) in [5, 5.41) is 9.30. The van der Waals surface area contributed by atoms with Crippen molar-refractivity contribution in [3.63, 3.8) is 0 Å². The van der Waals surface area contributed by atoms with Gasteiger partial charge in [-0.25, -0.2) is 0 Å². The van der Waals surface area contributed by atoms with Crippen molar-refractivity contribution in [2.75, 3.05) is 26.7 Å². The van der Waals surface area contributed by atoms with Crippen LogP contribution in [0.15, 0.2) is 24.3 Å². The number of aromatic hydroxyl groups is 1. The van der Waals surface area contributed by atoms with E-state index in [0.717, 1.165) is 18.9 Å². The quantitative estimate of drug-likeness (QED) is 0.848. The lowest BCUT2D eigenvalue weighted by molar-refractivity contribution is 0.150. The van der Waals surface area contributed by atoms with Gasteiger partial charge in [-0.05, 0) is 38.6 Å². The summed E-state index contributed by atoms with van der Waals surface area (Å²) in [6.07, 6.45) is 2.49. The first-order chi connectivity index (χ1) is 7.74. The number of ether oxygens (including phenoxy) is 1. The van der Waals surface area contributed by atoms with Crippen molar-refractivity contribution in [3.8, 4) is 11.5 Å². The van der Waals surface area contributed by atoms with Crippen LogP contribution in [0, 0.1) is 5.92 Å². The van der Waals surface area contributed by atoms with Crippen LogP contribution in [0.5, 0.6) is 11.5 Å². The highest BCUT2D eigenvalue weighted by molar-refractivity contribution is 5.31. The number of phenolic OH excluding ortho intramolecular Hbond substituents is 1. The van der Waals surface area contributed by atoms with Gasteiger partial charge in [0.2, 0.25) is 0 Å². The molecule has 0 amide bonds. The van der Waals surface area contributed by atoms with E-state index in [0.29, 0.717) is 5.92 Å². The number of piperidine rings is 1. The maximum absolute atomic E-state index is 9.30. The van der Waals surface area contributed by atoms with Crippen molar-refractivity contribution >= 4 is 0 Å². The fraction of sp³-hybridized carbons (Fsp3) is 0.538. The molecule has 1 fully saturated rings. The molecule has 88 valence electrons. The van der Waals surface area contributed by atoms with Crippen LogP contribution >= 0.6 is 0 Å². The van der Waals surface area contributed by atoms with E-state index in [1.165, 1.54) is 19.4 Å². The van der Waals surface area contributed by atoms with Crippen LogP contribution in [0.25, 0.3) is 0 Å². The van der Waals surface area contributed by atoms with Gasteiger partial charge >= 0.3 is 0 Å². The van der Waals surface area contributed by atoms with E-state index >= 15 is 0 Å². The van der Waals surface area contributed by atoms with Crippen LogP contribution in [-0.4, -0.2) is 36.8 Å². The SMILES string of the molecule is CN1CCCC(COc2cccc(O)c2)C1. The van der Waals surface area contributed by atoms with Crippen molar-refractivity contribution in [3.05, 3.63) is 24.3 Å². The van der Waals surface area contributed by atoms with Crippen molar-refractivity contribution in [2.24, 2.45) is 5.92 Å². The molecular formula is C13H19NO2. The molecule has 1 aromatic rings. The first-order valence-corrected chi connectivity index (χ1v) is 5.84. The summed E-state index contributed by atoms with van der Waals surface area (Å²) in [4.78, 5) is 2.35. The highest BCUT2D eigenvalue weighted by Crippen LogP contribution is 2.20. The number of rotatable bonds is 3. The number of hydrogen-bond donors (Lipinski definition) is 1. The second kappa shape index (κ2) is 5.21. The van der Waals surface area contributed by atoms with Crippen LogP contribution in [0.1, 0.15) is 12.8 Å². The van der Waals surface area contributed by atoms with Gasteiger partial charge in [0.1, 0.15) is 11.5 Å². The Balaban J connectivity index is 1.82. The molecule has 3 nitrogen and oxygen atoms in total. The molecular weight excluding hydrogens is 202 g/mol. The molecule has 1 atom stereocenters. The summed E-state index contributed by atoms with van der Waals surface area (Å²) in [6, 6.07) is 7.00. The third kappa shape index (κ3) is 3.14. The molecule has 0 bridgehead atoms. The number of phenols is 1. The third-order valence-electron chi connectivity index (χ3n) is 3.03. The summed E-state index contributed by atoms with van der Waals surface area (Å²) >= 11 is 0. The van der Waals surface area contributed by atoms with Gasteiger partial charge in [-0.1, -0.05) is 6.07 Å². The molecule has 1 heterocycles. The van der Waals surface area contributed by atoms with Crippen LogP contribution in [0.4, 0.5) is 0 Å². The maximum Gasteiger partial charge on any atom is 0.122 e. The monoisotopic (exact) mass is 221 g/mol. The molecule has 16 heavy (non-hydrogen) atoms. The van der Waals surface area contributed by atoms with Crippen LogP contribution in [0.2, 0.25) is 0 Å². The Morgan fingerprint density at radius 3 is 3.12 bits per heavy atom. The first-order valence-electron chi connectivity index (χ1n) is 5.84. The van der Waals surface area contributed by atoms with Crippen LogP contribution < -0.4 is 4.74 Å². The second-order valence-electron chi connectivity index (χ2n) is 4.58. The van der Waals surface area contributed by atoms with E-state index in [4.69, 9.17) is 4.74 Å². The standard InChI is InChI=1S/C13H19NO2/c1-14-7-3-4-11(9-14)10-16-13-6-2-5-12(15)8-13/h2,5-6,8,11,15H,3-4,7,9-10H2,1H3. The topological polar surface area (TPSA) is 32.7 Å². The summed E-state index contributed by atoms with van der Waals surface area (Å²) in [5.74, 6) is 1.63. The number of hydrogen-bond acceptors (Lipinski definition) is 3. The van der Waals surface area contributed by atoms with Gasteiger partial charge in [0.05, 0.1) is 6.61 Å². The molecule has 1 saturated heterocycles. The fourth-order valence-electron chi connectivity index (χ4n) is 2.20. The lowest BCUT2D eigenvalue weighted by atomic mass is 10.00. The molecule has 0 radical (unpaired) electrons. The van der Waals surface area contributed by atoms with E-state index in [-0.39, 0.29) is 5.75 Å². The Kier molecular flexibility index (Phi) is 3.67. The molecule has 0 aliphatic carbocycles. The van der Waals surface area contributed by atoms with Gasteiger partial charge in [-0.15, -0.1) is 0 Å². The summed E-state index contributed by atoms with van der Waals surface area (Å²) in [5.41, 5.74) is 0. The minimum Gasteiger partial charge on any atom is -0.508 e. The van der Waals surface area contributed by atoms with Crippen molar-refractivity contribution in [1.82, 2.24) is 4.90 Å². The molecule has 3 heteroatoms. The molecule has 1 N–H and O–H groups in total. The molecule has 1 aliphatic heterocycles. The van der Waals surface area contributed by atoms with Crippen molar-refractivity contribution < 1.29 is 9.84 Å². The summed E-state index contributed by atoms with van der Waals surface area (Å²) < 4.78 is 5.69. The zero-order chi connectivity index (χ0) is 11.4. The smallest absolute Gasteiger partial charge is 0.122 e. The molecule has 1 unspecified atom stereocenters. The van der Waals surface area contributed by atoms with E-state index in [1.54, 1.807) is 18.2 Å². The number of likely N-dealkylation sites (tertiary alicyclic amines) is 1. The predicted octanol–water partition coefficient (Wildman–Crippen LogP) is 2.11. The molecule has 0 spiro atoms. The van der Waals surface area contributed by atoms with Gasteiger partial charge in [-0.3, -0.25) is 0 Å². The Labute approximate surface area is 96.6 Å². The van der Waals surface area contributed by atoms with Gasteiger partial charge in [0, 0.05) is 18.5 Å². The van der Waals surface area contributed by atoms with E-state index in [2.05, 4.69) is 11.9 Å². The minimum absolute atomic E-state index is 0.262. The van der Waals surface area contributed by atoms with E-state index in [1.807, 2.05) is 6.07 Å². The minimum atomic E-state index is 0.262. The zero-order valence-corrected chi connectivity index (χ0v) is 9.72. The number of benzene rings is 1. The second-order valence-corrected chi connectivity index (χ2v) is 4.58. The highest BCUT2D eigenvalue weighted by Gasteiger charge is 2.17. The molecule has 1 aromatic carbocycles. The Morgan fingerprint density at radius 1 is 1.50 bits per heavy atom. The van der Waals surface area contributed by atoms with Crippen molar-refractivity contribution in [2.45, 2.75) is 12.8 Å². The third-order valence-corrected chi connectivity index (χ3v) is 3.03. The van der Waals surface area contributed by atoms with Crippen LogP contribution in [0.3, 0.4) is 0 Å². The lowest BCUT2D eigenvalue weighted by Gasteiger charge is -2.29. The highest BCUT2D eigenvalue weighted by atomic mass is 16.5. The average Bonchev–Trinajstić information content (AvgIpc) is 2.27. The molecule has 2 rings (SSSR count). The average molecular weight is 221 g/mol. The number of nitrogens with zero attached hydrogens (tertiary/aromatic N) is 1. The Morgan fingerprint density at radius 2 is 2.38 bits per heavy atom. The zero-order valence-electron chi connectivity index (χ0n) is 9.72. The van der Waals surface area contributed by atoms with Crippen molar-refractivity contribution in [1.29, 1.82) is 0 Å². The van der Waals surface area contributed by atoms with Gasteiger partial charge in [-0.2, -0.15) is 0 Å². The molecule has 1 aliphatic rings. The van der Waals surface area contributed by atoms with E-state index < -0.39 is 0 Å². The Bertz CT molecular complexity index is 340. The molecule has 0 aromatic heterocycles. The summed E-state index contributed by atoms with van der Waals surface area (Å²) in [6.45, 7) is 3.05. The Hall–Kier alpha value is -1.22. The fourth-order valence-corrected chi connectivity index (χ4v) is 2.20. The van der Waals surface area contributed by atoms with Gasteiger partial charge in [0.25, 0.3) is 0 Å². The first kappa shape index (κ1) is 11.3.